The Morgan fingerprint density at radius 1 is 1.03 bits per heavy atom. The second-order valence-electron chi connectivity index (χ2n) is 11.1. The third-order valence-electron chi connectivity index (χ3n) is 9.56. The Hall–Kier alpha value is -1.62. The molecule has 4 rings (SSSR count). The van der Waals surface area contributed by atoms with Crippen LogP contribution in [0.1, 0.15) is 73.6 Å². The zero-order valence-corrected chi connectivity index (χ0v) is 18.3. The number of fused-ring (bicyclic) bond motifs is 4. The molecule has 6 atom stereocenters. The Morgan fingerprint density at radius 3 is 2.24 bits per heavy atom. The van der Waals surface area contributed by atoms with Crippen LogP contribution in [0.25, 0.3) is 0 Å². The quantitative estimate of drug-likeness (QED) is 0.730. The van der Waals surface area contributed by atoms with Crippen molar-refractivity contribution in [2.75, 3.05) is 0 Å². The fraction of sp³-hybridized carbons (Fsp3) is 0.750. The van der Waals surface area contributed by atoms with Gasteiger partial charge >= 0.3 is 0 Å². The van der Waals surface area contributed by atoms with E-state index >= 15 is 0 Å². The van der Waals surface area contributed by atoms with Gasteiger partial charge in [0, 0.05) is 47.0 Å². The van der Waals surface area contributed by atoms with Gasteiger partial charge in [0.25, 0.3) is 0 Å². The van der Waals surface area contributed by atoms with Crippen LogP contribution >= 0.6 is 0 Å². The molecule has 4 aliphatic carbocycles. The Bertz CT molecular complexity index is 895. The highest BCUT2D eigenvalue weighted by molar-refractivity contribution is 6.07. The minimum absolute atomic E-state index is 0.0487. The molecule has 0 aromatic heterocycles. The molecule has 1 N–H and O–H groups in total. The number of hydrogen-bond donors (Lipinski definition) is 1. The van der Waals surface area contributed by atoms with E-state index in [1.807, 2.05) is 34.6 Å². The van der Waals surface area contributed by atoms with Gasteiger partial charge in [-0.25, -0.2) is 0 Å². The van der Waals surface area contributed by atoms with Crippen molar-refractivity contribution in [2.45, 2.75) is 79.8 Å². The van der Waals surface area contributed by atoms with Crippen molar-refractivity contribution in [3.63, 3.8) is 0 Å². The molecule has 0 aromatic carbocycles. The Balaban J connectivity index is 1.99. The number of aliphatic hydroxyl groups excluding tert-OH is 1. The van der Waals surface area contributed by atoms with Gasteiger partial charge in [0.1, 0.15) is 17.3 Å². The van der Waals surface area contributed by atoms with Crippen molar-refractivity contribution >= 4 is 23.1 Å². The molecule has 0 aliphatic heterocycles. The zero-order chi connectivity index (χ0) is 21.7. The third-order valence-corrected chi connectivity index (χ3v) is 9.56. The lowest BCUT2D eigenvalue weighted by Gasteiger charge is -2.59. The van der Waals surface area contributed by atoms with Crippen LogP contribution in [0.15, 0.2) is 11.1 Å². The summed E-state index contributed by atoms with van der Waals surface area (Å²) in [6.07, 6.45) is 0.652. The van der Waals surface area contributed by atoms with Crippen LogP contribution in [0.2, 0.25) is 0 Å². The van der Waals surface area contributed by atoms with Gasteiger partial charge in [0.15, 0.2) is 5.78 Å². The number of allylic oxidation sites excluding steroid dienone is 1. The van der Waals surface area contributed by atoms with Crippen LogP contribution in [0, 0.1) is 33.5 Å². The Labute approximate surface area is 172 Å². The average molecular weight is 401 g/mol. The largest absolute Gasteiger partial charge is 0.389 e. The molecule has 0 radical (unpaired) electrons. The van der Waals surface area contributed by atoms with Gasteiger partial charge in [-0.3, -0.25) is 19.2 Å². The molecule has 1 unspecified atom stereocenters. The monoisotopic (exact) mass is 400 g/mol. The van der Waals surface area contributed by atoms with Crippen LogP contribution in [0.4, 0.5) is 0 Å². The molecule has 2 fully saturated rings. The first kappa shape index (κ1) is 20.6. The van der Waals surface area contributed by atoms with Gasteiger partial charge in [-0.05, 0) is 38.2 Å². The van der Waals surface area contributed by atoms with Crippen molar-refractivity contribution < 1.29 is 24.3 Å². The normalized spacial score (nSPS) is 46.3. The summed E-state index contributed by atoms with van der Waals surface area (Å²) in [5.41, 5.74) is -1.87. The summed E-state index contributed by atoms with van der Waals surface area (Å²) < 4.78 is 0. The van der Waals surface area contributed by atoms with Crippen LogP contribution < -0.4 is 0 Å². The van der Waals surface area contributed by atoms with E-state index in [9.17, 15) is 24.3 Å². The number of hydrogen-bond acceptors (Lipinski definition) is 5. The maximum Gasteiger partial charge on any atom is 0.160 e. The molecule has 29 heavy (non-hydrogen) atoms. The number of Topliss-reactive ketones (excluding diaryl/α,β-unsaturated/α-hetero) is 4. The van der Waals surface area contributed by atoms with Crippen LogP contribution in [-0.4, -0.2) is 34.3 Å². The molecule has 0 aromatic rings. The fourth-order valence-corrected chi connectivity index (χ4v) is 7.64. The predicted molar refractivity (Wildman–Crippen MR) is 107 cm³/mol. The molecule has 0 spiro atoms. The maximum atomic E-state index is 13.6. The molecule has 5 nitrogen and oxygen atoms in total. The van der Waals surface area contributed by atoms with E-state index in [1.54, 1.807) is 0 Å². The van der Waals surface area contributed by atoms with Gasteiger partial charge in [0.05, 0.1) is 11.5 Å². The number of carbonyl (C=O) groups is 4. The van der Waals surface area contributed by atoms with E-state index in [-0.39, 0.29) is 41.9 Å². The van der Waals surface area contributed by atoms with Gasteiger partial charge in [-0.1, -0.05) is 27.7 Å². The van der Waals surface area contributed by atoms with Crippen molar-refractivity contribution in [3.8, 4) is 0 Å². The number of rotatable bonds is 1. The minimum atomic E-state index is -1.02. The zero-order valence-electron chi connectivity index (χ0n) is 18.3. The van der Waals surface area contributed by atoms with Crippen molar-refractivity contribution in [3.05, 3.63) is 11.1 Å². The maximum absolute atomic E-state index is 13.6. The van der Waals surface area contributed by atoms with Gasteiger partial charge in [-0.15, -0.1) is 0 Å². The van der Waals surface area contributed by atoms with Gasteiger partial charge < -0.3 is 5.11 Å². The fourth-order valence-electron chi connectivity index (χ4n) is 7.64. The molecule has 0 heterocycles. The van der Waals surface area contributed by atoms with E-state index < -0.39 is 33.7 Å². The molecule has 0 amide bonds. The molecule has 4 aliphatic rings. The topological polar surface area (TPSA) is 88.5 Å². The van der Waals surface area contributed by atoms with Crippen molar-refractivity contribution in [1.29, 1.82) is 0 Å². The Kier molecular flexibility index (Phi) is 4.09. The lowest BCUT2D eigenvalue weighted by atomic mass is 9.43. The summed E-state index contributed by atoms with van der Waals surface area (Å²) in [4.78, 5) is 52.0. The lowest BCUT2D eigenvalue weighted by Crippen LogP contribution is -2.60. The minimum Gasteiger partial charge on any atom is -0.389 e. The number of aliphatic hydroxyl groups is 1. The van der Waals surface area contributed by atoms with Crippen LogP contribution in [0.5, 0.6) is 0 Å². The highest BCUT2D eigenvalue weighted by atomic mass is 16.3. The first-order chi connectivity index (χ1) is 13.2. The highest BCUT2D eigenvalue weighted by Crippen LogP contribution is 2.69. The third kappa shape index (κ3) is 2.20. The average Bonchev–Trinajstić information content (AvgIpc) is 2.81. The van der Waals surface area contributed by atoms with E-state index in [1.165, 1.54) is 6.92 Å². The second-order valence-corrected chi connectivity index (χ2v) is 11.1. The van der Waals surface area contributed by atoms with E-state index in [2.05, 4.69) is 0 Å². The molecule has 5 heteroatoms. The Morgan fingerprint density at radius 2 is 1.66 bits per heavy atom. The van der Waals surface area contributed by atoms with E-state index in [0.29, 0.717) is 30.4 Å². The molecular weight excluding hydrogens is 368 g/mol. The SMILES string of the molecule is CC(=O)[C@@H]1CC(=O)[C@]2(C)C3=C(C(=O)C[C@@]12C)[C@]1(C)CCC(=O)C(C)(C)[C@H]1CC3O. The van der Waals surface area contributed by atoms with E-state index in [0.717, 1.165) is 0 Å². The summed E-state index contributed by atoms with van der Waals surface area (Å²) in [5, 5.41) is 11.3. The first-order valence-electron chi connectivity index (χ1n) is 10.8. The van der Waals surface area contributed by atoms with E-state index in [4.69, 9.17) is 0 Å². The molecule has 2 saturated carbocycles. The van der Waals surface area contributed by atoms with Gasteiger partial charge in [0.2, 0.25) is 0 Å². The van der Waals surface area contributed by atoms with Gasteiger partial charge in [-0.2, -0.15) is 0 Å². The van der Waals surface area contributed by atoms with Crippen molar-refractivity contribution in [1.82, 2.24) is 0 Å². The molecule has 0 bridgehead atoms. The summed E-state index contributed by atoms with van der Waals surface area (Å²) >= 11 is 0. The highest BCUT2D eigenvalue weighted by Gasteiger charge is 2.70. The van der Waals surface area contributed by atoms with Crippen LogP contribution in [0.3, 0.4) is 0 Å². The molecule has 158 valence electrons. The number of carbonyl (C=O) groups excluding carboxylic acids is 4. The smallest absolute Gasteiger partial charge is 0.160 e. The van der Waals surface area contributed by atoms with Crippen molar-refractivity contribution in [2.24, 2.45) is 33.5 Å². The number of ketones is 4. The summed E-state index contributed by atoms with van der Waals surface area (Å²) in [6.45, 7) is 11.1. The second kappa shape index (κ2) is 5.75. The lowest BCUT2D eigenvalue weighted by molar-refractivity contribution is -0.147. The summed E-state index contributed by atoms with van der Waals surface area (Å²) in [5.74, 6) is -0.656. The summed E-state index contributed by atoms with van der Waals surface area (Å²) in [6, 6.07) is 0. The molecule has 0 saturated heterocycles. The first-order valence-corrected chi connectivity index (χ1v) is 10.8. The molecular formula is C24H32O5. The van der Waals surface area contributed by atoms with Crippen LogP contribution in [-0.2, 0) is 19.2 Å². The summed E-state index contributed by atoms with van der Waals surface area (Å²) in [7, 11) is 0. The standard InChI is InChI=1S/C24H32O5/c1-12(25)13-9-18(29)24(6)20-14(26)10-16-21(2,3)17(28)7-8-22(16,4)19(20)15(27)11-23(13,24)5/h13-14,16,26H,7-11H2,1-6H3/t13-,14?,16+,22+,23-,24+/m0/s1. The predicted octanol–water partition coefficient (Wildman–Crippen LogP) is 3.22.